The molecule has 1 heterocycles. The Morgan fingerprint density at radius 2 is 1.81 bits per heavy atom. The van der Waals surface area contributed by atoms with Crippen LogP contribution in [0.15, 0.2) is 0 Å². The Morgan fingerprint density at radius 3 is 2.33 bits per heavy atom. The van der Waals surface area contributed by atoms with Crippen LogP contribution in [-0.4, -0.2) is 54.5 Å². The molecular formula is C15H26N2O4. The normalized spacial score (nSPS) is 25.4. The molecule has 2 aliphatic rings. The molecule has 1 saturated carbocycles. The second-order valence-electron chi connectivity index (χ2n) is 7.25. The zero-order chi connectivity index (χ0) is 15.8. The quantitative estimate of drug-likeness (QED) is 0.698. The fourth-order valence-corrected chi connectivity index (χ4v) is 3.45. The third kappa shape index (κ3) is 3.24. The van der Waals surface area contributed by atoms with Crippen LogP contribution in [0.2, 0.25) is 0 Å². The van der Waals surface area contributed by atoms with Gasteiger partial charge in [0.15, 0.2) is 6.23 Å². The van der Waals surface area contributed by atoms with Crippen LogP contribution in [-0.2, 0) is 9.47 Å². The Balaban J connectivity index is 2.16. The Morgan fingerprint density at radius 1 is 1.24 bits per heavy atom. The van der Waals surface area contributed by atoms with Gasteiger partial charge in [0, 0.05) is 26.1 Å². The molecule has 2 amide bonds. The molecule has 1 spiro atoms. The average molecular weight is 298 g/mol. The van der Waals surface area contributed by atoms with E-state index in [2.05, 4.69) is 0 Å². The molecule has 21 heavy (non-hydrogen) atoms. The van der Waals surface area contributed by atoms with E-state index in [-0.39, 0.29) is 11.4 Å². The highest BCUT2D eigenvalue weighted by molar-refractivity contribution is 5.75. The first-order chi connectivity index (χ1) is 9.65. The molecule has 2 rings (SSSR count). The number of ether oxygens (including phenoxy) is 2. The third-order valence-electron chi connectivity index (χ3n) is 4.25. The Kier molecular flexibility index (Phi) is 4.08. The van der Waals surface area contributed by atoms with Crippen LogP contribution in [0, 0.1) is 5.41 Å². The van der Waals surface area contributed by atoms with Gasteiger partial charge in [-0.2, -0.15) is 0 Å². The van der Waals surface area contributed by atoms with Crippen LogP contribution in [0.1, 0.15) is 46.5 Å². The largest absolute Gasteiger partial charge is 0.510 e. The number of hydrogen-bond donors (Lipinski definition) is 0. The van der Waals surface area contributed by atoms with Crippen molar-refractivity contribution in [2.45, 2.75) is 58.3 Å². The number of carbonyl (C=O) groups excluding carboxylic acids is 2. The second kappa shape index (κ2) is 5.39. The van der Waals surface area contributed by atoms with E-state index in [1.54, 1.807) is 39.8 Å². The monoisotopic (exact) mass is 298 g/mol. The smallest absolute Gasteiger partial charge is 0.429 e. The van der Waals surface area contributed by atoms with E-state index in [1.807, 2.05) is 0 Å². The SMILES string of the molecule is CN1CC2(CCCC2)C(OC(=O)OC(C)(C)C)N(C)C1=O. The maximum atomic E-state index is 12.2. The number of urea groups is 1. The minimum atomic E-state index is -0.706. The molecule has 2 fully saturated rings. The van der Waals surface area contributed by atoms with E-state index in [4.69, 9.17) is 9.47 Å². The van der Waals surface area contributed by atoms with E-state index < -0.39 is 18.0 Å². The van der Waals surface area contributed by atoms with Gasteiger partial charge in [0.1, 0.15) is 5.60 Å². The highest BCUT2D eigenvalue weighted by atomic mass is 16.7. The molecule has 0 bridgehead atoms. The van der Waals surface area contributed by atoms with Crippen LogP contribution < -0.4 is 0 Å². The first kappa shape index (κ1) is 15.9. The summed E-state index contributed by atoms with van der Waals surface area (Å²) in [6.45, 7) is 6.01. The van der Waals surface area contributed by atoms with Crippen molar-refractivity contribution < 1.29 is 19.1 Å². The summed E-state index contributed by atoms with van der Waals surface area (Å²) in [6, 6.07) is -0.124. The fraction of sp³-hybridized carbons (Fsp3) is 0.867. The predicted molar refractivity (Wildman–Crippen MR) is 77.8 cm³/mol. The van der Waals surface area contributed by atoms with Gasteiger partial charge in [0.25, 0.3) is 0 Å². The molecule has 1 saturated heterocycles. The molecule has 120 valence electrons. The van der Waals surface area contributed by atoms with Crippen LogP contribution in [0.3, 0.4) is 0 Å². The van der Waals surface area contributed by atoms with Gasteiger partial charge in [-0.1, -0.05) is 12.8 Å². The van der Waals surface area contributed by atoms with Crippen molar-refractivity contribution in [3.05, 3.63) is 0 Å². The summed E-state index contributed by atoms with van der Waals surface area (Å²) in [6.07, 6.45) is 2.88. The van der Waals surface area contributed by atoms with Gasteiger partial charge in [0.2, 0.25) is 0 Å². The number of rotatable bonds is 1. The summed E-state index contributed by atoms with van der Waals surface area (Å²) in [5.74, 6) is 0. The lowest BCUT2D eigenvalue weighted by molar-refractivity contribution is -0.128. The van der Waals surface area contributed by atoms with Crippen molar-refractivity contribution in [2.24, 2.45) is 5.41 Å². The maximum absolute atomic E-state index is 12.2. The number of amides is 2. The molecule has 0 aromatic heterocycles. The first-order valence-corrected chi connectivity index (χ1v) is 7.52. The van der Waals surface area contributed by atoms with Crippen molar-refractivity contribution in [2.75, 3.05) is 20.6 Å². The molecular weight excluding hydrogens is 272 g/mol. The van der Waals surface area contributed by atoms with E-state index in [0.717, 1.165) is 25.7 Å². The zero-order valence-electron chi connectivity index (χ0n) is 13.6. The van der Waals surface area contributed by atoms with Gasteiger partial charge in [-0.05, 0) is 33.6 Å². The minimum absolute atomic E-state index is 0.124. The molecule has 1 aliphatic heterocycles. The molecule has 0 radical (unpaired) electrons. The highest BCUT2D eigenvalue weighted by Gasteiger charge is 2.52. The summed E-state index contributed by atoms with van der Waals surface area (Å²) in [7, 11) is 3.48. The number of nitrogens with zero attached hydrogens (tertiary/aromatic N) is 2. The lowest BCUT2D eigenvalue weighted by Gasteiger charge is -2.48. The Bertz CT molecular complexity index is 424. The van der Waals surface area contributed by atoms with Crippen molar-refractivity contribution in [1.29, 1.82) is 0 Å². The molecule has 6 nitrogen and oxygen atoms in total. The minimum Gasteiger partial charge on any atom is -0.429 e. The Labute approximate surface area is 126 Å². The van der Waals surface area contributed by atoms with Crippen molar-refractivity contribution in [3.8, 4) is 0 Å². The standard InChI is InChI=1S/C15H26N2O4/c1-14(2,3)21-13(19)20-11-15(8-6-7-9-15)10-16(4)12(18)17(11)5/h11H,6-10H2,1-5H3. The van der Waals surface area contributed by atoms with E-state index in [9.17, 15) is 9.59 Å². The van der Waals surface area contributed by atoms with Crippen molar-refractivity contribution >= 4 is 12.2 Å². The summed E-state index contributed by atoms with van der Waals surface area (Å²) in [4.78, 5) is 27.4. The third-order valence-corrected chi connectivity index (χ3v) is 4.25. The van der Waals surface area contributed by atoms with Crippen LogP contribution in [0.25, 0.3) is 0 Å². The molecule has 6 heteroatoms. The van der Waals surface area contributed by atoms with Gasteiger partial charge in [0.05, 0.1) is 0 Å². The molecule has 0 N–H and O–H groups in total. The molecule has 1 aliphatic carbocycles. The van der Waals surface area contributed by atoms with Crippen LogP contribution in [0.4, 0.5) is 9.59 Å². The van der Waals surface area contributed by atoms with Gasteiger partial charge in [-0.25, -0.2) is 9.59 Å². The first-order valence-electron chi connectivity index (χ1n) is 7.52. The van der Waals surface area contributed by atoms with Crippen LogP contribution in [0.5, 0.6) is 0 Å². The van der Waals surface area contributed by atoms with Gasteiger partial charge in [-0.15, -0.1) is 0 Å². The predicted octanol–water partition coefficient (Wildman–Crippen LogP) is 2.82. The summed E-state index contributed by atoms with van der Waals surface area (Å²) < 4.78 is 10.8. The number of carbonyl (C=O) groups is 2. The fourth-order valence-electron chi connectivity index (χ4n) is 3.45. The zero-order valence-corrected chi connectivity index (χ0v) is 13.6. The molecule has 1 atom stereocenters. The summed E-state index contributed by atoms with van der Waals surface area (Å²) in [5.41, 5.74) is -0.776. The van der Waals surface area contributed by atoms with E-state index in [1.165, 1.54) is 4.90 Å². The number of hydrogen-bond acceptors (Lipinski definition) is 4. The lowest BCUT2D eigenvalue weighted by atomic mass is 9.81. The lowest BCUT2D eigenvalue weighted by Crippen LogP contribution is -2.62. The van der Waals surface area contributed by atoms with E-state index >= 15 is 0 Å². The van der Waals surface area contributed by atoms with Crippen LogP contribution >= 0.6 is 0 Å². The van der Waals surface area contributed by atoms with Gasteiger partial charge >= 0.3 is 12.2 Å². The Hall–Kier alpha value is -1.46. The van der Waals surface area contributed by atoms with Gasteiger partial charge < -0.3 is 14.4 Å². The molecule has 0 aromatic carbocycles. The maximum Gasteiger partial charge on any atom is 0.510 e. The summed E-state index contributed by atoms with van der Waals surface area (Å²) in [5, 5.41) is 0. The second-order valence-corrected chi connectivity index (χ2v) is 7.25. The average Bonchev–Trinajstić information content (AvgIpc) is 2.79. The molecule has 0 aromatic rings. The topological polar surface area (TPSA) is 59.1 Å². The van der Waals surface area contributed by atoms with Crippen molar-refractivity contribution in [3.63, 3.8) is 0 Å². The van der Waals surface area contributed by atoms with Gasteiger partial charge in [-0.3, -0.25) is 4.90 Å². The highest BCUT2D eigenvalue weighted by Crippen LogP contribution is 2.46. The summed E-state index contributed by atoms with van der Waals surface area (Å²) >= 11 is 0. The molecule has 1 unspecified atom stereocenters. The van der Waals surface area contributed by atoms with E-state index in [0.29, 0.717) is 6.54 Å². The van der Waals surface area contributed by atoms with Crippen molar-refractivity contribution in [1.82, 2.24) is 9.80 Å².